The van der Waals surface area contributed by atoms with E-state index in [2.05, 4.69) is 12.1 Å². The standard InChI is InChI=1S/C18H18O3S/c1-4-20-17(19)18(2,3)21-12-9-10-14-13-7-5-6-8-15(13)22-16(14)11-12/h5-11H,4H2,1-3H3. The molecule has 0 atom stereocenters. The van der Waals surface area contributed by atoms with Crippen molar-refractivity contribution in [3.63, 3.8) is 0 Å². The summed E-state index contributed by atoms with van der Waals surface area (Å²) >= 11 is 1.72. The van der Waals surface area contributed by atoms with E-state index in [0.717, 1.165) is 4.70 Å². The van der Waals surface area contributed by atoms with Gasteiger partial charge in [0.15, 0.2) is 5.60 Å². The molecule has 0 radical (unpaired) electrons. The predicted molar refractivity (Wildman–Crippen MR) is 90.7 cm³/mol. The molecule has 0 saturated carbocycles. The number of esters is 1. The second-order valence-corrected chi connectivity index (χ2v) is 6.67. The molecule has 1 aromatic heterocycles. The molecule has 0 aliphatic rings. The first-order valence-electron chi connectivity index (χ1n) is 7.29. The average molecular weight is 314 g/mol. The molecule has 0 saturated heterocycles. The highest BCUT2D eigenvalue weighted by Gasteiger charge is 2.31. The van der Waals surface area contributed by atoms with E-state index >= 15 is 0 Å². The van der Waals surface area contributed by atoms with Gasteiger partial charge in [0.2, 0.25) is 0 Å². The maximum Gasteiger partial charge on any atom is 0.349 e. The van der Waals surface area contributed by atoms with E-state index in [9.17, 15) is 4.79 Å². The second kappa shape index (κ2) is 5.61. The second-order valence-electron chi connectivity index (χ2n) is 5.59. The Morgan fingerprint density at radius 2 is 1.82 bits per heavy atom. The smallest absolute Gasteiger partial charge is 0.349 e. The maximum atomic E-state index is 11.9. The van der Waals surface area contributed by atoms with Crippen LogP contribution in [-0.2, 0) is 9.53 Å². The summed E-state index contributed by atoms with van der Waals surface area (Å²) in [6.45, 7) is 5.58. The zero-order valence-corrected chi connectivity index (χ0v) is 13.7. The first kappa shape index (κ1) is 14.9. The fraction of sp³-hybridized carbons (Fsp3) is 0.278. The predicted octanol–water partition coefficient (Wildman–Crippen LogP) is 4.78. The molecule has 3 rings (SSSR count). The summed E-state index contributed by atoms with van der Waals surface area (Å²) in [5.74, 6) is 0.323. The zero-order valence-electron chi connectivity index (χ0n) is 12.9. The molecule has 0 unspecified atom stereocenters. The van der Waals surface area contributed by atoms with Gasteiger partial charge >= 0.3 is 5.97 Å². The average Bonchev–Trinajstić information content (AvgIpc) is 2.84. The number of fused-ring (bicyclic) bond motifs is 3. The van der Waals surface area contributed by atoms with Crippen LogP contribution in [0.2, 0.25) is 0 Å². The zero-order chi connectivity index (χ0) is 15.7. The molecule has 0 aliphatic heterocycles. The molecule has 114 valence electrons. The van der Waals surface area contributed by atoms with E-state index in [1.807, 2.05) is 30.3 Å². The molecule has 22 heavy (non-hydrogen) atoms. The minimum atomic E-state index is -1.000. The number of hydrogen-bond donors (Lipinski definition) is 0. The molecule has 4 heteroatoms. The molecule has 3 aromatic rings. The topological polar surface area (TPSA) is 35.5 Å². The highest BCUT2D eigenvalue weighted by molar-refractivity contribution is 7.25. The lowest BCUT2D eigenvalue weighted by atomic mass is 10.1. The van der Waals surface area contributed by atoms with Gasteiger partial charge in [0.05, 0.1) is 6.61 Å². The Kier molecular flexibility index (Phi) is 3.79. The van der Waals surface area contributed by atoms with Crippen molar-refractivity contribution in [2.45, 2.75) is 26.4 Å². The summed E-state index contributed by atoms with van der Waals surface area (Å²) in [7, 11) is 0. The van der Waals surface area contributed by atoms with Crippen LogP contribution in [0.25, 0.3) is 20.2 Å². The van der Waals surface area contributed by atoms with Gasteiger partial charge < -0.3 is 9.47 Å². The first-order valence-corrected chi connectivity index (χ1v) is 8.10. The minimum Gasteiger partial charge on any atom is -0.476 e. The molecule has 3 nitrogen and oxygen atoms in total. The number of hydrogen-bond acceptors (Lipinski definition) is 4. The van der Waals surface area contributed by atoms with Crippen LogP contribution in [0.4, 0.5) is 0 Å². The highest BCUT2D eigenvalue weighted by atomic mass is 32.1. The van der Waals surface area contributed by atoms with Crippen molar-refractivity contribution >= 4 is 37.5 Å². The van der Waals surface area contributed by atoms with Gasteiger partial charge in [-0.2, -0.15) is 0 Å². The van der Waals surface area contributed by atoms with Gasteiger partial charge in [-0.25, -0.2) is 4.79 Å². The van der Waals surface area contributed by atoms with Crippen molar-refractivity contribution in [2.75, 3.05) is 6.61 Å². The lowest BCUT2D eigenvalue weighted by molar-refractivity contribution is -0.158. The minimum absolute atomic E-state index is 0.348. The van der Waals surface area contributed by atoms with Crippen LogP contribution < -0.4 is 4.74 Å². The molecular weight excluding hydrogens is 296 g/mol. The Morgan fingerprint density at radius 1 is 1.09 bits per heavy atom. The number of thiophene rings is 1. The van der Waals surface area contributed by atoms with Gasteiger partial charge in [-0.3, -0.25) is 0 Å². The fourth-order valence-electron chi connectivity index (χ4n) is 2.41. The lowest BCUT2D eigenvalue weighted by Gasteiger charge is -2.24. The third-order valence-corrected chi connectivity index (χ3v) is 4.62. The summed E-state index contributed by atoms with van der Waals surface area (Å²) in [6.07, 6.45) is 0. The summed E-state index contributed by atoms with van der Waals surface area (Å²) in [4.78, 5) is 11.9. The number of ether oxygens (including phenoxy) is 2. The van der Waals surface area contributed by atoms with Crippen LogP contribution in [-0.4, -0.2) is 18.2 Å². The fourth-order valence-corrected chi connectivity index (χ4v) is 3.55. The van der Waals surface area contributed by atoms with Gasteiger partial charge in [0.1, 0.15) is 5.75 Å². The number of benzene rings is 2. The van der Waals surface area contributed by atoms with Gasteiger partial charge in [0.25, 0.3) is 0 Å². The van der Waals surface area contributed by atoms with Crippen LogP contribution in [0.15, 0.2) is 42.5 Å². The van der Waals surface area contributed by atoms with E-state index in [-0.39, 0.29) is 5.97 Å². The molecular formula is C18H18O3S. The summed E-state index contributed by atoms with van der Waals surface area (Å²) < 4.78 is 13.3. The van der Waals surface area contributed by atoms with Crippen LogP contribution in [0.5, 0.6) is 5.75 Å². The highest BCUT2D eigenvalue weighted by Crippen LogP contribution is 2.36. The number of carbonyl (C=O) groups is 1. The summed E-state index contributed by atoms with van der Waals surface area (Å²) in [6, 6.07) is 14.3. The normalized spacial score (nSPS) is 11.8. The Bertz CT molecular complexity index is 833. The van der Waals surface area contributed by atoms with Gasteiger partial charge in [0, 0.05) is 20.2 Å². The molecule has 1 heterocycles. The Labute approximate surface area is 133 Å². The third-order valence-electron chi connectivity index (χ3n) is 3.49. The summed E-state index contributed by atoms with van der Waals surface area (Å²) in [5.41, 5.74) is -1.000. The van der Waals surface area contributed by atoms with Crippen LogP contribution in [0.1, 0.15) is 20.8 Å². The number of rotatable bonds is 4. The first-order chi connectivity index (χ1) is 10.5. The summed E-state index contributed by atoms with van der Waals surface area (Å²) in [5, 5.41) is 2.46. The largest absolute Gasteiger partial charge is 0.476 e. The molecule has 0 spiro atoms. The maximum absolute atomic E-state index is 11.9. The van der Waals surface area contributed by atoms with Gasteiger partial charge in [-0.1, -0.05) is 18.2 Å². The SMILES string of the molecule is CCOC(=O)C(C)(C)Oc1ccc2c(c1)sc1ccccc12. The van der Waals surface area contributed by atoms with Crippen molar-refractivity contribution in [3.05, 3.63) is 42.5 Å². The van der Waals surface area contributed by atoms with E-state index in [4.69, 9.17) is 9.47 Å². The van der Waals surface area contributed by atoms with Crippen molar-refractivity contribution in [2.24, 2.45) is 0 Å². The Balaban J connectivity index is 1.95. The van der Waals surface area contributed by atoms with Crippen molar-refractivity contribution in [1.82, 2.24) is 0 Å². The van der Waals surface area contributed by atoms with Crippen molar-refractivity contribution < 1.29 is 14.3 Å². The Morgan fingerprint density at radius 3 is 2.59 bits per heavy atom. The van der Waals surface area contributed by atoms with E-state index in [0.29, 0.717) is 12.4 Å². The van der Waals surface area contributed by atoms with E-state index in [1.165, 1.54) is 15.5 Å². The van der Waals surface area contributed by atoms with Gasteiger partial charge in [-0.05, 0) is 45.0 Å². The van der Waals surface area contributed by atoms with Crippen LogP contribution >= 0.6 is 11.3 Å². The molecule has 0 N–H and O–H groups in total. The Hall–Kier alpha value is -2.07. The van der Waals surface area contributed by atoms with E-state index < -0.39 is 5.60 Å². The molecule has 0 bridgehead atoms. The van der Waals surface area contributed by atoms with Crippen LogP contribution in [0, 0.1) is 0 Å². The molecule has 0 amide bonds. The molecule has 0 aliphatic carbocycles. The van der Waals surface area contributed by atoms with Crippen molar-refractivity contribution in [3.8, 4) is 5.75 Å². The number of carbonyl (C=O) groups excluding carboxylic acids is 1. The third kappa shape index (κ3) is 2.66. The van der Waals surface area contributed by atoms with E-state index in [1.54, 1.807) is 32.1 Å². The van der Waals surface area contributed by atoms with Gasteiger partial charge in [-0.15, -0.1) is 11.3 Å². The molecule has 0 fully saturated rings. The lowest BCUT2D eigenvalue weighted by Crippen LogP contribution is -2.39. The van der Waals surface area contributed by atoms with Crippen LogP contribution in [0.3, 0.4) is 0 Å². The molecule has 2 aromatic carbocycles. The van der Waals surface area contributed by atoms with Crippen molar-refractivity contribution in [1.29, 1.82) is 0 Å². The quantitative estimate of drug-likeness (QED) is 0.650. The monoisotopic (exact) mass is 314 g/mol.